The van der Waals surface area contributed by atoms with Gasteiger partial charge in [-0.25, -0.2) is 0 Å². The molecule has 0 amide bonds. The van der Waals surface area contributed by atoms with Crippen LogP contribution in [0.3, 0.4) is 0 Å². The van der Waals surface area contributed by atoms with Crippen molar-refractivity contribution in [2.24, 2.45) is 5.73 Å². The number of hydrogen-bond donors (Lipinski definition) is 1. The third-order valence-electron chi connectivity index (χ3n) is 3.81. The highest BCUT2D eigenvalue weighted by Gasteiger charge is 2.31. The fourth-order valence-corrected chi connectivity index (χ4v) is 2.53. The maximum atomic E-state index is 12.7. The monoisotopic (exact) mass is 302 g/mol. The highest BCUT2D eigenvalue weighted by molar-refractivity contribution is 5.28. The Morgan fingerprint density at radius 2 is 2.10 bits per heavy atom. The van der Waals surface area contributed by atoms with Crippen molar-refractivity contribution in [1.29, 1.82) is 0 Å². The summed E-state index contributed by atoms with van der Waals surface area (Å²) in [6.45, 7) is 5.90. The molecule has 1 aromatic rings. The summed E-state index contributed by atoms with van der Waals surface area (Å²) in [5.74, 6) is 0. The van der Waals surface area contributed by atoms with Crippen molar-refractivity contribution in [2.75, 3.05) is 19.7 Å². The molecule has 6 heteroatoms. The van der Waals surface area contributed by atoms with Crippen LogP contribution in [-0.2, 0) is 10.9 Å². The molecule has 1 aliphatic rings. The van der Waals surface area contributed by atoms with Crippen molar-refractivity contribution < 1.29 is 17.9 Å². The van der Waals surface area contributed by atoms with Gasteiger partial charge in [-0.15, -0.1) is 0 Å². The summed E-state index contributed by atoms with van der Waals surface area (Å²) in [5.41, 5.74) is 5.95. The SMILES string of the molecule is CC1CN(CC(N)c2cccc(C(F)(F)F)c2)C(C)CO1. The Labute approximate surface area is 122 Å². The minimum Gasteiger partial charge on any atom is -0.376 e. The number of hydrogen-bond acceptors (Lipinski definition) is 3. The first-order chi connectivity index (χ1) is 9.77. The van der Waals surface area contributed by atoms with E-state index in [9.17, 15) is 13.2 Å². The summed E-state index contributed by atoms with van der Waals surface area (Å²) in [7, 11) is 0. The van der Waals surface area contributed by atoms with E-state index in [-0.39, 0.29) is 12.1 Å². The lowest BCUT2D eigenvalue weighted by atomic mass is 10.0. The molecule has 3 unspecified atom stereocenters. The quantitative estimate of drug-likeness (QED) is 0.933. The predicted molar refractivity (Wildman–Crippen MR) is 74.8 cm³/mol. The van der Waals surface area contributed by atoms with Gasteiger partial charge in [-0.2, -0.15) is 13.2 Å². The van der Waals surface area contributed by atoms with E-state index in [2.05, 4.69) is 4.90 Å². The normalized spacial score (nSPS) is 25.8. The summed E-state index contributed by atoms with van der Waals surface area (Å²) in [4.78, 5) is 2.17. The van der Waals surface area contributed by atoms with Crippen molar-refractivity contribution in [2.45, 2.75) is 38.2 Å². The average molecular weight is 302 g/mol. The molecule has 1 heterocycles. The van der Waals surface area contributed by atoms with E-state index in [4.69, 9.17) is 10.5 Å². The van der Waals surface area contributed by atoms with Gasteiger partial charge in [-0.1, -0.05) is 12.1 Å². The molecule has 3 atom stereocenters. The van der Waals surface area contributed by atoms with Crippen LogP contribution in [0.2, 0.25) is 0 Å². The van der Waals surface area contributed by atoms with Gasteiger partial charge in [0, 0.05) is 25.2 Å². The maximum absolute atomic E-state index is 12.7. The van der Waals surface area contributed by atoms with Gasteiger partial charge in [-0.05, 0) is 31.5 Å². The average Bonchev–Trinajstić information content (AvgIpc) is 2.42. The molecule has 1 aromatic carbocycles. The third-order valence-corrected chi connectivity index (χ3v) is 3.81. The van der Waals surface area contributed by atoms with E-state index in [1.54, 1.807) is 6.07 Å². The second kappa shape index (κ2) is 6.34. The molecule has 0 spiro atoms. The Bertz CT molecular complexity index is 478. The Morgan fingerprint density at radius 1 is 1.38 bits per heavy atom. The summed E-state index contributed by atoms with van der Waals surface area (Å²) in [6, 6.07) is 5.03. The van der Waals surface area contributed by atoms with Crippen LogP contribution in [0.15, 0.2) is 24.3 Å². The van der Waals surface area contributed by atoms with Gasteiger partial charge >= 0.3 is 6.18 Å². The lowest BCUT2D eigenvalue weighted by molar-refractivity contribution is -0.137. The van der Waals surface area contributed by atoms with E-state index in [0.29, 0.717) is 18.7 Å². The van der Waals surface area contributed by atoms with E-state index in [0.717, 1.165) is 18.7 Å². The van der Waals surface area contributed by atoms with Crippen LogP contribution in [0, 0.1) is 0 Å². The molecule has 1 aliphatic heterocycles. The second-order valence-electron chi connectivity index (χ2n) is 5.68. The Morgan fingerprint density at radius 3 is 2.76 bits per heavy atom. The van der Waals surface area contributed by atoms with Crippen LogP contribution in [0.1, 0.15) is 31.0 Å². The van der Waals surface area contributed by atoms with Crippen molar-refractivity contribution >= 4 is 0 Å². The number of morpholine rings is 1. The third kappa shape index (κ3) is 4.18. The lowest BCUT2D eigenvalue weighted by Gasteiger charge is -2.38. The minimum atomic E-state index is -4.34. The van der Waals surface area contributed by atoms with E-state index >= 15 is 0 Å². The van der Waals surface area contributed by atoms with Crippen LogP contribution in [0.25, 0.3) is 0 Å². The molecular formula is C15H21F3N2O. The van der Waals surface area contributed by atoms with Gasteiger partial charge < -0.3 is 10.5 Å². The van der Waals surface area contributed by atoms with Gasteiger partial charge in [0.05, 0.1) is 18.3 Å². The van der Waals surface area contributed by atoms with Crippen LogP contribution in [-0.4, -0.2) is 36.7 Å². The van der Waals surface area contributed by atoms with E-state index in [1.807, 2.05) is 13.8 Å². The summed E-state index contributed by atoms with van der Waals surface area (Å²) >= 11 is 0. The summed E-state index contributed by atoms with van der Waals surface area (Å²) < 4.78 is 43.7. The van der Waals surface area contributed by atoms with Gasteiger partial charge in [0.2, 0.25) is 0 Å². The van der Waals surface area contributed by atoms with Crippen molar-refractivity contribution in [3.05, 3.63) is 35.4 Å². The zero-order valence-corrected chi connectivity index (χ0v) is 12.2. The molecular weight excluding hydrogens is 281 g/mol. The van der Waals surface area contributed by atoms with Gasteiger partial charge in [0.15, 0.2) is 0 Å². The molecule has 0 aromatic heterocycles. The maximum Gasteiger partial charge on any atom is 0.416 e. The predicted octanol–water partition coefficient (Wildman–Crippen LogP) is 2.81. The standard InChI is InChI=1S/C15H21F3N2O/c1-10-9-21-11(2)7-20(10)8-14(19)12-4-3-5-13(6-12)15(16,17)18/h3-6,10-11,14H,7-9,19H2,1-2H3. The Kier molecular flexibility index (Phi) is 4.91. The molecule has 1 saturated heterocycles. The van der Waals surface area contributed by atoms with E-state index in [1.165, 1.54) is 6.07 Å². The molecule has 1 fully saturated rings. The number of nitrogens with two attached hydrogens (primary N) is 1. The summed E-state index contributed by atoms with van der Waals surface area (Å²) in [5, 5.41) is 0. The molecule has 118 valence electrons. The summed E-state index contributed by atoms with van der Waals surface area (Å²) in [6.07, 6.45) is -4.22. The Hall–Kier alpha value is -1.11. The molecule has 21 heavy (non-hydrogen) atoms. The highest BCUT2D eigenvalue weighted by atomic mass is 19.4. The van der Waals surface area contributed by atoms with Crippen molar-refractivity contribution in [1.82, 2.24) is 4.90 Å². The zero-order chi connectivity index (χ0) is 15.6. The van der Waals surface area contributed by atoms with Crippen molar-refractivity contribution in [3.63, 3.8) is 0 Å². The first kappa shape index (κ1) is 16.3. The van der Waals surface area contributed by atoms with Crippen LogP contribution < -0.4 is 5.73 Å². The van der Waals surface area contributed by atoms with Crippen LogP contribution >= 0.6 is 0 Å². The molecule has 2 rings (SSSR count). The fourth-order valence-electron chi connectivity index (χ4n) is 2.53. The lowest BCUT2D eigenvalue weighted by Crippen LogP contribution is -2.49. The molecule has 0 saturated carbocycles. The first-order valence-electron chi connectivity index (χ1n) is 7.05. The zero-order valence-electron chi connectivity index (χ0n) is 12.2. The van der Waals surface area contributed by atoms with Gasteiger partial charge in [-0.3, -0.25) is 4.90 Å². The van der Waals surface area contributed by atoms with Gasteiger partial charge in [0.25, 0.3) is 0 Å². The molecule has 0 bridgehead atoms. The number of benzene rings is 1. The number of halogens is 3. The minimum absolute atomic E-state index is 0.120. The number of alkyl halides is 3. The highest BCUT2D eigenvalue weighted by Crippen LogP contribution is 2.30. The van der Waals surface area contributed by atoms with Crippen LogP contribution in [0.4, 0.5) is 13.2 Å². The largest absolute Gasteiger partial charge is 0.416 e. The number of nitrogens with zero attached hydrogens (tertiary/aromatic N) is 1. The Balaban J connectivity index is 2.08. The number of ether oxygens (including phenoxy) is 1. The van der Waals surface area contributed by atoms with Gasteiger partial charge in [0.1, 0.15) is 0 Å². The molecule has 0 aliphatic carbocycles. The molecule has 2 N–H and O–H groups in total. The van der Waals surface area contributed by atoms with E-state index < -0.39 is 17.8 Å². The first-order valence-corrected chi connectivity index (χ1v) is 7.05. The van der Waals surface area contributed by atoms with Crippen molar-refractivity contribution in [3.8, 4) is 0 Å². The smallest absolute Gasteiger partial charge is 0.376 e. The topological polar surface area (TPSA) is 38.5 Å². The fraction of sp³-hybridized carbons (Fsp3) is 0.600. The second-order valence-corrected chi connectivity index (χ2v) is 5.68. The molecule has 0 radical (unpaired) electrons. The van der Waals surface area contributed by atoms with Crippen LogP contribution in [0.5, 0.6) is 0 Å². The molecule has 3 nitrogen and oxygen atoms in total. The number of rotatable bonds is 3.